The maximum absolute atomic E-state index is 16.2. The van der Waals surface area contributed by atoms with E-state index in [4.69, 9.17) is 4.74 Å². The Kier molecular flexibility index (Phi) is 10.3. The van der Waals surface area contributed by atoms with Crippen LogP contribution in [0.4, 0.5) is 10.1 Å². The Morgan fingerprint density at radius 3 is 2.18 bits per heavy atom. The van der Waals surface area contributed by atoms with Gasteiger partial charge in [-0.25, -0.2) is 17.6 Å². The van der Waals surface area contributed by atoms with Gasteiger partial charge in [0.25, 0.3) is 5.56 Å². The molecule has 4 rings (SSSR count). The van der Waals surface area contributed by atoms with Crippen LogP contribution in [-0.2, 0) is 15.4 Å². The van der Waals surface area contributed by atoms with Crippen LogP contribution in [0.25, 0.3) is 27.6 Å². The molecule has 12 heteroatoms. The molecular formula is C26H28FN3Na2O5S. The van der Waals surface area contributed by atoms with E-state index in [0.29, 0.717) is 22.6 Å². The number of benzene rings is 3. The van der Waals surface area contributed by atoms with Crippen LogP contribution < -0.4 is 20.7 Å². The molecule has 0 bridgehead atoms. The molecule has 0 amide bonds. The summed E-state index contributed by atoms with van der Waals surface area (Å²) in [5.74, 6) is -0.361. The van der Waals surface area contributed by atoms with Gasteiger partial charge in [0.2, 0.25) is 10.0 Å². The third-order valence-corrected chi connectivity index (χ3v) is 6.33. The molecule has 1 heterocycles. The van der Waals surface area contributed by atoms with E-state index < -0.39 is 32.5 Å². The molecule has 4 aromatic rings. The minimum absolute atomic E-state index is 0. The fraction of sp³-hybridized carbons (Fsp3) is 0.231. The predicted molar refractivity (Wildman–Crippen MR) is 154 cm³/mol. The van der Waals surface area contributed by atoms with Crippen LogP contribution in [0.5, 0.6) is 5.75 Å². The summed E-state index contributed by atoms with van der Waals surface area (Å²) in [6, 6.07) is 13.0. The van der Waals surface area contributed by atoms with Crippen LogP contribution in [0.1, 0.15) is 26.3 Å². The molecule has 0 unspecified atom stereocenters. The summed E-state index contributed by atoms with van der Waals surface area (Å²) in [4.78, 5) is 26.3. The van der Waals surface area contributed by atoms with Crippen LogP contribution in [0.15, 0.2) is 64.3 Å². The second kappa shape index (κ2) is 12.1. The molecule has 38 heavy (non-hydrogen) atoms. The Hall–Kier alpha value is -1.92. The van der Waals surface area contributed by atoms with E-state index in [0.717, 1.165) is 27.7 Å². The number of nitrogens with zero attached hydrogens (tertiary/aromatic N) is 1. The van der Waals surface area contributed by atoms with E-state index in [1.54, 1.807) is 42.5 Å². The first-order valence-electron chi connectivity index (χ1n) is 11.0. The number of nitrogens with one attached hydrogen (secondary N) is 2. The summed E-state index contributed by atoms with van der Waals surface area (Å²) in [6.45, 7) is 5.84. The summed E-state index contributed by atoms with van der Waals surface area (Å²) in [6.07, 6.45) is 2.31. The molecule has 0 aliphatic heterocycles. The van der Waals surface area contributed by atoms with Crippen LogP contribution in [-0.4, -0.2) is 90.4 Å². The van der Waals surface area contributed by atoms with Crippen LogP contribution in [0.2, 0.25) is 0 Å². The quantitative estimate of drug-likeness (QED) is 0.366. The monoisotopic (exact) mass is 559 g/mol. The fourth-order valence-electron chi connectivity index (χ4n) is 4.12. The molecule has 0 radical (unpaired) electrons. The van der Waals surface area contributed by atoms with E-state index in [1.807, 2.05) is 20.8 Å². The van der Waals surface area contributed by atoms with Gasteiger partial charge >= 0.3 is 64.8 Å². The number of methoxy groups -OCH3 is 1. The third kappa shape index (κ3) is 6.80. The standard InChI is InChI=1S/C26H26FN3O5S.2Na.2H/c1-26(2,3)19-14-20(30-11-10-21(31)28-25(30)32)23(27)22(24(19)35-4)17-7-6-16-13-18(29-36(5,33)34)9-8-15(16)12-17;;;;/h6-14,29H,1-5H3,(H,28,31,32);;;;. The normalized spacial score (nSPS) is 11.4. The molecule has 2 N–H and O–H groups in total. The van der Waals surface area contributed by atoms with Gasteiger partial charge in [-0.2, -0.15) is 0 Å². The first-order chi connectivity index (χ1) is 16.8. The van der Waals surface area contributed by atoms with Crippen molar-refractivity contribution in [2.24, 2.45) is 0 Å². The zero-order valence-corrected chi connectivity index (χ0v) is 21.3. The van der Waals surface area contributed by atoms with Gasteiger partial charge in [-0.1, -0.05) is 39.0 Å². The van der Waals surface area contributed by atoms with Crippen molar-refractivity contribution in [2.45, 2.75) is 26.2 Å². The van der Waals surface area contributed by atoms with E-state index >= 15 is 4.39 Å². The zero-order chi connectivity index (χ0) is 26.4. The first-order valence-corrected chi connectivity index (χ1v) is 12.9. The SMILES string of the molecule is COc1c(C(C)(C)C)cc(-n2ccc(=O)[nH]c2=O)c(F)c1-c1ccc2cc(NS(C)(=O)=O)ccc2c1.[NaH].[NaH]. The van der Waals surface area contributed by atoms with Gasteiger partial charge in [0.05, 0.1) is 24.6 Å². The van der Waals surface area contributed by atoms with Gasteiger partial charge in [-0.15, -0.1) is 0 Å². The molecule has 0 saturated carbocycles. The van der Waals surface area contributed by atoms with E-state index in [1.165, 1.54) is 13.3 Å². The molecule has 3 aromatic carbocycles. The van der Waals surface area contributed by atoms with Crippen LogP contribution >= 0.6 is 0 Å². The molecule has 192 valence electrons. The molecule has 8 nitrogen and oxygen atoms in total. The number of aromatic nitrogens is 2. The van der Waals surface area contributed by atoms with Crippen LogP contribution in [0.3, 0.4) is 0 Å². The Balaban J connectivity index is 0.00000253. The van der Waals surface area contributed by atoms with Crippen molar-refractivity contribution in [3.05, 3.63) is 86.9 Å². The van der Waals surface area contributed by atoms with E-state index in [2.05, 4.69) is 9.71 Å². The number of H-pyrrole nitrogens is 1. The molecule has 0 atom stereocenters. The number of fused-ring (bicyclic) bond motifs is 1. The summed E-state index contributed by atoms with van der Waals surface area (Å²) in [5, 5.41) is 1.49. The van der Waals surface area contributed by atoms with Crippen molar-refractivity contribution < 1.29 is 17.5 Å². The fourth-order valence-corrected chi connectivity index (χ4v) is 4.67. The Morgan fingerprint density at radius 2 is 1.61 bits per heavy atom. The van der Waals surface area contributed by atoms with Gasteiger partial charge < -0.3 is 4.74 Å². The molecule has 1 aromatic heterocycles. The molecular weight excluding hydrogens is 531 g/mol. The van der Waals surface area contributed by atoms with Crippen molar-refractivity contribution in [1.82, 2.24) is 9.55 Å². The molecule has 0 aliphatic carbocycles. The molecule has 0 fully saturated rings. The third-order valence-electron chi connectivity index (χ3n) is 5.72. The Bertz CT molecular complexity index is 1730. The van der Waals surface area contributed by atoms with Gasteiger partial charge in [-0.05, 0) is 46.0 Å². The summed E-state index contributed by atoms with van der Waals surface area (Å²) in [5.41, 5.74) is -0.0912. The predicted octanol–water partition coefficient (Wildman–Crippen LogP) is 2.87. The van der Waals surface area contributed by atoms with Gasteiger partial charge in [0.1, 0.15) is 5.75 Å². The maximum atomic E-state index is 16.2. The van der Waals surface area contributed by atoms with Gasteiger partial charge in [-0.3, -0.25) is 19.1 Å². The molecule has 0 spiro atoms. The molecule has 0 aliphatic rings. The topological polar surface area (TPSA) is 110 Å². The van der Waals surface area contributed by atoms with E-state index in [9.17, 15) is 18.0 Å². The number of halogens is 1. The average molecular weight is 560 g/mol. The van der Waals surface area contributed by atoms with Crippen molar-refractivity contribution in [2.75, 3.05) is 18.1 Å². The Labute approximate surface area is 264 Å². The first kappa shape index (κ1) is 32.3. The van der Waals surface area contributed by atoms with Crippen molar-refractivity contribution in [1.29, 1.82) is 0 Å². The summed E-state index contributed by atoms with van der Waals surface area (Å²) in [7, 11) is -1.97. The van der Waals surface area contributed by atoms with Gasteiger partial charge in [0, 0.05) is 23.5 Å². The summed E-state index contributed by atoms with van der Waals surface area (Å²) < 4.78 is 48.5. The van der Waals surface area contributed by atoms with Crippen molar-refractivity contribution in [3.8, 4) is 22.6 Å². The number of hydrogen-bond acceptors (Lipinski definition) is 5. The number of ether oxygens (including phenoxy) is 1. The summed E-state index contributed by atoms with van der Waals surface area (Å²) >= 11 is 0. The van der Waals surface area contributed by atoms with Crippen molar-refractivity contribution >= 4 is 85.6 Å². The second-order valence-electron chi connectivity index (χ2n) is 9.55. The number of aromatic amines is 1. The van der Waals surface area contributed by atoms with Crippen LogP contribution in [0, 0.1) is 5.82 Å². The van der Waals surface area contributed by atoms with Crippen molar-refractivity contribution in [3.63, 3.8) is 0 Å². The average Bonchev–Trinajstić information content (AvgIpc) is 2.77. The number of hydrogen-bond donors (Lipinski definition) is 2. The minimum atomic E-state index is -3.43. The molecule has 0 saturated heterocycles. The second-order valence-corrected chi connectivity index (χ2v) is 11.3. The zero-order valence-electron chi connectivity index (χ0n) is 20.5. The van der Waals surface area contributed by atoms with E-state index in [-0.39, 0.29) is 70.4 Å². The number of sulfonamides is 1. The Morgan fingerprint density at radius 1 is 0.974 bits per heavy atom. The number of anilines is 1. The van der Waals surface area contributed by atoms with Gasteiger partial charge in [0.15, 0.2) is 5.82 Å². The number of rotatable bonds is 5.